The summed E-state index contributed by atoms with van der Waals surface area (Å²) in [7, 11) is 1.67. The number of thioether (sulfide) groups is 1. The number of benzene rings is 1. The molecular weight excluding hydrogens is 368 g/mol. The summed E-state index contributed by atoms with van der Waals surface area (Å²) >= 11 is 5.03. The predicted molar refractivity (Wildman–Crippen MR) is 85.9 cm³/mol. The third-order valence-electron chi connectivity index (χ3n) is 2.98. The molecule has 22 heavy (non-hydrogen) atoms. The van der Waals surface area contributed by atoms with Gasteiger partial charge in [0.05, 0.1) is 13.4 Å². The maximum Gasteiger partial charge on any atom is 0.210 e. The Labute approximate surface area is 140 Å². The van der Waals surface area contributed by atoms with Crippen molar-refractivity contribution in [3.05, 3.63) is 52.4 Å². The normalized spacial score (nSPS) is 10.8. The number of tetrazole rings is 1. The van der Waals surface area contributed by atoms with Crippen molar-refractivity contribution in [2.45, 2.75) is 17.5 Å². The molecule has 114 valence electrons. The highest BCUT2D eigenvalue weighted by molar-refractivity contribution is 9.10. The molecule has 0 spiro atoms. The third kappa shape index (κ3) is 3.50. The molecule has 0 N–H and O–H groups in total. The number of hydrogen-bond acceptors (Lipinski definition) is 6. The Hall–Kier alpha value is -1.80. The summed E-state index contributed by atoms with van der Waals surface area (Å²) < 4.78 is 13.4. The summed E-state index contributed by atoms with van der Waals surface area (Å²) in [5, 5.41) is 12.5. The highest BCUT2D eigenvalue weighted by Crippen LogP contribution is 2.29. The summed E-state index contributed by atoms with van der Waals surface area (Å²) in [6.45, 7) is 0.512. The zero-order valence-electron chi connectivity index (χ0n) is 11.8. The van der Waals surface area contributed by atoms with Crippen molar-refractivity contribution >= 4 is 27.7 Å². The number of halogens is 1. The minimum atomic E-state index is 0.512. The van der Waals surface area contributed by atoms with E-state index in [4.69, 9.17) is 9.15 Å². The quantitative estimate of drug-likeness (QED) is 0.610. The van der Waals surface area contributed by atoms with E-state index in [1.165, 1.54) is 0 Å². The Morgan fingerprint density at radius 3 is 3.05 bits per heavy atom. The molecule has 2 heterocycles. The summed E-state index contributed by atoms with van der Waals surface area (Å²) in [6.07, 6.45) is 1.64. The summed E-state index contributed by atoms with van der Waals surface area (Å²) in [5.41, 5.74) is 1.08. The van der Waals surface area contributed by atoms with Gasteiger partial charge in [0.1, 0.15) is 18.1 Å². The molecule has 0 bridgehead atoms. The molecule has 0 fully saturated rings. The second-order valence-electron chi connectivity index (χ2n) is 4.44. The summed E-state index contributed by atoms with van der Waals surface area (Å²) in [6, 6.07) is 9.67. The molecule has 3 aromatic rings. The average Bonchev–Trinajstić information content (AvgIpc) is 3.18. The molecule has 0 unspecified atom stereocenters. The molecule has 0 saturated heterocycles. The summed E-state index contributed by atoms with van der Waals surface area (Å²) in [5.74, 6) is 2.37. The van der Waals surface area contributed by atoms with Gasteiger partial charge in [-0.2, -0.15) is 0 Å². The van der Waals surface area contributed by atoms with Gasteiger partial charge < -0.3 is 9.15 Å². The minimum absolute atomic E-state index is 0.512. The van der Waals surface area contributed by atoms with Crippen LogP contribution in [0.3, 0.4) is 0 Å². The fourth-order valence-electron chi connectivity index (χ4n) is 1.95. The minimum Gasteiger partial charge on any atom is -0.496 e. The van der Waals surface area contributed by atoms with Gasteiger partial charge in [0.2, 0.25) is 5.16 Å². The van der Waals surface area contributed by atoms with Crippen molar-refractivity contribution in [2.24, 2.45) is 0 Å². The largest absolute Gasteiger partial charge is 0.496 e. The van der Waals surface area contributed by atoms with Crippen LogP contribution in [0, 0.1) is 0 Å². The zero-order chi connectivity index (χ0) is 15.4. The van der Waals surface area contributed by atoms with Crippen LogP contribution in [0.4, 0.5) is 0 Å². The molecule has 0 aliphatic rings. The molecule has 0 aliphatic carbocycles. The third-order valence-corrected chi connectivity index (χ3v) is 4.48. The fourth-order valence-corrected chi connectivity index (χ4v) is 3.21. The lowest BCUT2D eigenvalue weighted by Gasteiger charge is -2.08. The van der Waals surface area contributed by atoms with Crippen LogP contribution in [0.25, 0.3) is 0 Å². The molecule has 0 radical (unpaired) electrons. The maximum atomic E-state index is 5.38. The van der Waals surface area contributed by atoms with Gasteiger partial charge in [-0.25, -0.2) is 4.68 Å². The summed E-state index contributed by atoms with van der Waals surface area (Å²) in [4.78, 5) is 0. The molecule has 8 heteroatoms. The van der Waals surface area contributed by atoms with Gasteiger partial charge >= 0.3 is 0 Å². The van der Waals surface area contributed by atoms with Crippen LogP contribution in [0.5, 0.6) is 5.75 Å². The Kier molecular flexibility index (Phi) is 4.79. The lowest BCUT2D eigenvalue weighted by molar-refractivity contribution is 0.411. The van der Waals surface area contributed by atoms with E-state index < -0.39 is 0 Å². The number of aromatic nitrogens is 4. The Morgan fingerprint density at radius 2 is 2.27 bits per heavy atom. The lowest BCUT2D eigenvalue weighted by Crippen LogP contribution is -2.03. The monoisotopic (exact) mass is 380 g/mol. The van der Waals surface area contributed by atoms with E-state index in [0.717, 1.165) is 26.7 Å². The fraction of sp³-hybridized carbons (Fsp3) is 0.214. The van der Waals surface area contributed by atoms with Crippen molar-refractivity contribution < 1.29 is 9.15 Å². The van der Waals surface area contributed by atoms with Crippen LogP contribution in [-0.2, 0) is 12.3 Å². The molecule has 3 rings (SSSR count). The highest BCUT2D eigenvalue weighted by Gasteiger charge is 2.11. The van der Waals surface area contributed by atoms with Gasteiger partial charge in [-0.15, -0.1) is 5.10 Å². The first-order valence-corrected chi connectivity index (χ1v) is 8.28. The van der Waals surface area contributed by atoms with Gasteiger partial charge in [0, 0.05) is 15.8 Å². The molecule has 0 amide bonds. The smallest absolute Gasteiger partial charge is 0.210 e. The number of methoxy groups -OCH3 is 1. The van der Waals surface area contributed by atoms with Gasteiger partial charge in [-0.05, 0) is 40.8 Å². The van der Waals surface area contributed by atoms with Crippen LogP contribution < -0.4 is 4.74 Å². The van der Waals surface area contributed by atoms with Crippen molar-refractivity contribution in [2.75, 3.05) is 7.11 Å². The van der Waals surface area contributed by atoms with Crippen LogP contribution in [-0.4, -0.2) is 27.3 Å². The standard InChI is InChI=1S/C14H13BrN4O2S/c1-20-13-5-4-11(15)7-10(13)9-22-14-16-17-18-19(14)8-12-3-2-6-21-12/h2-7H,8-9H2,1H3. The van der Waals surface area contributed by atoms with Crippen LogP contribution in [0.15, 0.2) is 50.6 Å². The second-order valence-corrected chi connectivity index (χ2v) is 6.30. The van der Waals surface area contributed by atoms with E-state index in [1.807, 2.05) is 30.3 Å². The maximum absolute atomic E-state index is 5.38. The van der Waals surface area contributed by atoms with Crippen molar-refractivity contribution in [3.8, 4) is 5.75 Å². The Morgan fingerprint density at radius 1 is 1.36 bits per heavy atom. The van der Waals surface area contributed by atoms with Gasteiger partial charge in [0.15, 0.2) is 0 Å². The first-order valence-electron chi connectivity index (χ1n) is 6.50. The second kappa shape index (κ2) is 6.97. The van der Waals surface area contributed by atoms with E-state index in [1.54, 1.807) is 29.8 Å². The first-order chi connectivity index (χ1) is 10.8. The Balaban J connectivity index is 1.72. The van der Waals surface area contributed by atoms with Crippen LogP contribution in [0.2, 0.25) is 0 Å². The average molecular weight is 381 g/mol. The van der Waals surface area contributed by atoms with Crippen LogP contribution >= 0.6 is 27.7 Å². The topological polar surface area (TPSA) is 66.0 Å². The SMILES string of the molecule is COc1ccc(Br)cc1CSc1nnnn1Cc1ccco1. The van der Waals surface area contributed by atoms with Gasteiger partial charge in [-0.1, -0.05) is 27.7 Å². The first kappa shape index (κ1) is 15.1. The number of rotatable bonds is 6. The van der Waals surface area contributed by atoms with E-state index in [9.17, 15) is 0 Å². The lowest BCUT2D eigenvalue weighted by atomic mass is 10.2. The molecule has 6 nitrogen and oxygen atoms in total. The van der Waals surface area contributed by atoms with E-state index in [2.05, 4.69) is 31.5 Å². The molecule has 0 aliphatic heterocycles. The van der Waals surface area contributed by atoms with Gasteiger partial charge in [-0.3, -0.25) is 0 Å². The number of nitrogens with zero attached hydrogens (tertiary/aromatic N) is 4. The number of furan rings is 1. The zero-order valence-corrected chi connectivity index (χ0v) is 14.2. The van der Waals surface area contributed by atoms with Crippen LogP contribution in [0.1, 0.15) is 11.3 Å². The van der Waals surface area contributed by atoms with Crippen molar-refractivity contribution in [3.63, 3.8) is 0 Å². The Bertz CT molecular complexity index is 745. The number of hydrogen-bond donors (Lipinski definition) is 0. The highest BCUT2D eigenvalue weighted by atomic mass is 79.9. The predicted octanol–water partition coefficient (Wildman–Crippen LogP) is 3.38. The molecule has 2 aromatic heterocycles. The number of ether oxygens (including phenoxy) is 1. The molecular formula is C14H13BrN4O2S. The molecule has 0 atom stereocenters. The molecule has 0 saturated carbocycles. The van der Waals surface area contributed by atoms with Crippen molar-refractivity contribution in [1.29, 1.82) is 0 Å². The van der Waals surface area contributed by atoms with Crippen molar-refractivity contribution in [1.82, 2.24) is 20.2 Å². The van der Waals surface area contributed by atoms with E-state index in [0.29, 0.717) is 12.3 Å². The van der Waals surface area contributed by atoms with E-state index in [-0.39, 0.29) is 0 Å². The molecule has 1 aromatic carbocycles. The van der Waals surface area contributed by atoms with E-state index >= 15 is 0 Å². The van der Waals surface area contributed by atoms with Gasteiger partial charge in [0.25, 0.3) is 0 Å².